The van der Waals surface area contributed by atoms with Crippen LogP contribution in [-0.2, 0) is 22.4 Å². The maximum absolute atomic E-state index is 12.2. The third kappa shape index (κ3) is 7.60. The predicted octanol–water partition coefficient (Wildman–Crippen LogP) is 3.15. The molecule has 0 spiro atoms. The van der Waals surface area contributed by atoms with E-state index in [0.29, 0.717) is 17.4 Å². The Morgan fingerprint density at radius 2 is 1.81 bits per heavy atom. The largest absolute Gasteiger partial charge is 0.387 e. The molecule has 0 saturated heterocycles. The Bertz CT molecular complexity index is 990. The third-order valence-corrected chi connectivity index (χ3v) is 5.33. The predicted molar refractivity (Wildman–Crippen MR) is 123 cm³/mol. The third-order valence-electron chi connectivity index (χ3n) is 4.53. The van der Waals surface area contributed by atoms with Crippen LogP contribution in [0.5, 0.6) is 0 Å². The van der Waals surface area contributed by atoms with Gasteiger partial charge in [0, 0.05) is 24.5 Å². The van der Waals surface area contributed by atoms with Crippen LogP contribution in [0, 0.1) is 0 Å². The molecule has 4 N–H and O–H groups in total. The second kappa shape index (κ2) is 11.4. The molecule has 3 rings (SSSR count). The van der Waals surface area contributed by atoms with E-state index in [0.717, 1.165) is 29.8 Å². The van der Waals surface area contributed by atoms with Crippen LogP contribution in [0.25, 0.3) is 0 Å². The summed E-state index contributed by atoms with van der Waals surface area (Å²) in [4.78, 5) is 27.5. The van der Waals surface area contributed by atoms with E-state index in [2.05, 4.69) is 20.9 Å². The molecule has 0 radical (unpaired) electrons. The molecule has 3 aromatic rings. The number of aromatic nitrogens is 1. The van der Waals surface area contributed by atoms with Crippen molar-refractivity contribution in [2.24, 2.45) is 0 Å². The normalized spacial score (nSPS) is 11.7. The number of hydrogen-bond acceptors (Lipinski definition) is 6. The van der Waals surface area contributed by atoms with Crippen molar-refractivity contribution in [2.75, 3.05) is 23.7 Å². The summed E-state index contributed by atoms with van der Waals surface area (Å²) in [5, 5.41) is 21.1. The highest BCUT2D eigenvalue weighted by molar-refractivity contribution is 7.13. The molecule has 2 amide bonds. The van der Waals surface area contributed by atoms with Gasteiger partial charge in [-0.3, -0.25) is 9.59 Å². The summed E-state index contributed by atoms with van der Waals surface area (Å²) in [5.74, 6) is -0.350. The summed E-state index contributed by atoms with van der Waals surface area (Å²) in [5.41, 5.74) is 3.38. The summed E-state index contributed by atoms with van der Waals surface area (Å²) in [6, 6.07) is 17.3. The van der Waals surface area contributed by atoms with Gasteiger partial charge in [-0.1, -0.05) is 42.5 Å². The van der Waals surface area contributed by atoms with Gasteiger partial charge in [0.15, 0.2) is 5.13 Å². The molecule has 0 fully saturated rings. The molecule has 0 bridgehead atoms. The quantitative estimate of drug-likeness (QED) is 0.364. The number of carbonyl (C=O) groups is 2. The van der Waals surface area contributed by atoms with Crippen LogP contribution >= 0.6 is 11.3 Å². The average molecular weight is 439 g/mol. The molecule has 0 aliphatic rings. The van der Waals surface area contributed by atoms with E-state index in [4.69, 9.17) is 0 Å². The lowest BCUT2D eigenvalue weighted by Crippen LogP contribution is -2.23. The molecular weight excluding hydrogens is 412 g/mol. The maximum Gasteiger partial charge on any atom is 0.230 e. The van der Waals surface area contributed by atoms with Crippen molar-refractivity contribution in [3.8, 4) is 0 Å². The number of nitrogens with one attached hydrogen (secondary N) is 3. The minimum absolute atomic E-state index is 0.144. The zero-order valence-corrected chi connectivity index (χ0v) is 18.1. The van der Waals surface area contributed by atoms with Gasteiger partial charge in [-0.25, -0.2) is 4.98 Å². The van der Waals surface area contributed by atoms with Crippen molar-refractivity contribution in [3.63, 3.8) is 0 Å². The number of nitrogens with zero attached hydrogens (tertiary/aromatic N) is 1. The number of rotatable bonds is 10. The zero-order chi connectivity index (χ0) is 22.1. The van der Waals surface area contributed by atoms with Gasteiger partial charge in [-0.2, -0.15) is 0 Å². The molecule has 8 heteroatoms. The Hall–Kier alpha value is -3.07. The summed E-state index contributed by atoms with van der Waals surface area (Å²) >= 11 is 1.29. The minimum atomic E-state index is -0.522. The topological polar surface area (TPSA) is 103 Å². The van der Waals surface area contributed by atoms with Crippen LogP contribution < -0.4 is 16.0 Å². The van der Waals surface area contributed by atoms with Gasteiger partial charge in [0.25, 0.3) is 0 Å². The SMILES string of the molecule is CC(=O)Nc1nc(CC(=O)Nc2ccc(CCNC[C@H](O)c3ccccc3)cc2)cs1. The highest BCUT2D eigenvalue weighted by Crippen LogP contribution is 2.17. The molecular formula is C23H26N4O3S. The van der Waals surface area contributed by atoms with Crippen molar-refractivity contribution < 1.29 is 14.7 Å². The van der Waals surface area contributed by atoms with Gasteiger partial charge < -0.3 is 21.1 Å². The van der Waals surface area contributed by atoms with Gasteiger partial charge in [0.05, 0.1) is 18.2 Å². The van der Waals surface area contributed by atoms with Crippen LogP contribution in [0.2, 0.25) is 0 Å². The highest BCUT2D eigenvalue weighted by atomic mass is 32.1. The lowest BCUT2D eigenvalue weighted by molar-refractivity contribution is -0.116. The molecule has 0 saturated carbocycles. The lowest BCUT2D eigenvalue weighted by atomic mass is 10.1. The fraction of sp³-hybridized carbons (Fsp3) is 0.261. The van der Waals surface area contributed by atoms with E-state index in [1.54, 1.807) is 5.38 Å². The molecule has 1 aromatic heterocycles. The minimum Gasteiger partial charge on any atom is -0.387 e. The monoisotopic (exact) mass is 438 g/mol. The van der Waals surface area contributed by atoms with Crippen molar-refractivity contribution in [1.82, 2.24) is 10.3 Å². The van der Waals surface area contributed by atoms with E-state index in [9.17, 15) is 14.7 Å². The van der Waals surface area contributed by atoms with E-state index in [-0.39, 0.29) is 18.2 Å². The first-order valence-electron chi connectivity index (χ1n) is 10.0. The number of thiazole rings is 1. The van der Waals surface area contributed by atoms with Gasteiger partial charge in [0.1, 0.15) is 0 Å². The van der Waals surface area contributed by atoms with E-state index >= 15 is 0 Å². The number of aliphatic hydroxyl groups excluding tert-OH is 1. The number of carbonyl (C=O) groups excluding carboxylic acids is 2. The summed E-state index contributed by atoms with van der Waals surface area (Å²) in [7, 11) is 0. The van der Waals surface area contributed by atoms with Gasteiger partial charge in [0.2, 0.25) is 11.8 Å². The smallest absolute Gasteiger partial charge is 0.230 e. The van der Waals surface area contributed by atoms with Crippen LogP contribution in [0.1, 0.15) is 29.8 Å². The van der Waals surface area contributed by atoms with Crippen molar-refractivity contribution in [1.29, 1.82) is 0 Å². The Labute approximate surface area is 185 Å². The molecule has 0 aliphatic carbocycles. The molecule has 1 atom stereocenters. The number of hydrogen-bond donors (Lipinski definition) is 4. The molecule has 0 unspecified atom stereocenters. The molecule has 2 aromatic carbocycles. The summed E-state index contributed by atoms with van der Waals surface area (Å²) in [6.45, 7) is 2.66. The fourth-order valence-corrected chi connectivity index (χ4v) is 3.74. The number of anilines is 2. The number of amides is 2. The van der Waals surface area contributed by atoms with Crippen LogP contribution in [0.4, 0.5) is 10.8 Å². The molecule has 0 aliphatic heterocycles. The molecule has 162 valence electrons. The van der Waals surface area contributed by atoms with Crippen LogP contribution in [0.3, 0.4) is 0 Å². The summed E-state index contributed by atoms with van der Waals surface area (Å²) < 4.78 is 0. The van der Waals surface area contributed by atoms with Crippen molar-refractivity contribution in [2.45, 2.75) is 25.9 Å². The molecule has 7 nitrogen and oxygen atoms in total. The zero-order valence-electron chi connectivity index (χ0n) is 17.3. The second-order valence-corrected chi connectivity index (χ2v) is 7.99. The maximum atomic E-state index is 12.2. The van der Waals surface area contributed by atoms with Crippen LogP contribution in [0.15, 0.2) is 60.0 Å². The fourth-order valence-electron chi connectivity index (χ4n) is 2.99. The van der Waals surface area contributed by atoms with Crippen molar-refractivity contribution in [3.05, 3.63) is 76.8 Å². The Kier molecular flexibility index (Phi) is 8.28. The first kappa shape index (κ1) is 22.6. The molecule has 31 heavy (non-hydrogen) atoms. The van der Waals surface area contributed by atoms with Gasteiger partial charge in [-0.15, -0.1) is 11.3 Å². The standard InChI is InChI=1S/C23H26N4O3S/c1-16(28)25-23-27-20(15-31-23)13-22(30)26-19-9-7-17(8-10-19)11-12-24-14-21(29)18-5-3-2-4-6-18/h2-10,15,21,24,29H,11-14H2,1H3,(H,26,30)(H,25,27,28)/t21-/m0/s1. The Morgan fingerprint density at radius 1 is 1.06 bits per heavy atom. The Morgan fingerprint density at radius 3 is 2.52 bits per heavy atom. The van der Waals surface area contributed by atoms with E-state index < -0.39 is 6.10 Å². The number of benzene rings is 2. The van der Waals surface area contributed by atoms with Crippen LogP contribution in [-0.4, -0.2) is 35.0 Å². The first-order valence-corrected chi connectivity index (χ1v) is 10.9. The average Bonchev–Trinajstić information content (AvgIpc) is 3.18. The highest BCUT2D eigenvalue weighted by Gasteiger charge is 2.09. The second-order valence-electron chi connectivity index (χ2n) is 7.13. The lowest BCUT2D eigenvalue weighted by Gasteiger charge is -2.12. The van der Waals surface area contributed by atoms with Gasteiger partial charge >= 0.3 is 0 Å². The van der Waals surface area contributed by atoms with Crippen molar-refractivity contribution >= 4 is 34.0 Å². The number of aliphatic hydroxyl groups is 1. The summed E-state index contributed by atoms with van der Waals surface area (Å²) in [6.07, 6.45) is 0.442. The molecule has 1 heterocycles. The van der Waals surface area contributed by atoms with E-state index in [1.165, 1.54) is 18.3 Å². The first-order chi connectivity index (χ1) is 15.0. The van der Waals surface area contributed by atoms with Gasteiger partial charge in [-0.05, 0) is 36.2 Å². The Balaban J connectivity index is 1.39. The van der Waals surface area contributed by atoms with E-state index in [1.807, 2.05) is 54.6 Å².